The van der Waals surface area contributed by atoms with Gasteiger partial charge in [-0.25, -0.2) is 18.1 Å². The zero-order valence-corrected chi connectivity index (χ0v) is 10.8. The van der Waals surface area contributed by atoms with E-state index in [-0.39, 0.29) is 24.6 Å². The summed E-state index contributed by atoms with van der Waals surface area (Å²) in [6, 6.07) is 1.40. The molecule has 1 aromatic heterocycles. The van der Waals surface area contributed by atoms with Crippen LogP contribution in [0.5, 0.6) is 0 Å². The molecule has 0 fully saturated rings. The van der Waals surface area contributed by atoms with Crippen molar-refractivity contribution in [1.82, 2.24) is 9.71 Å². The molecular formula is C9H14N4O4S. The van der Waals surface area contributed by atoms with Crippen LogP contribution in [0.15, 0.2) is 12.3 Å². The lowest BCUT2D eigenvalue weighted by Crippen LogP contribution is -2.27. The summed E-state index contributed by atoms with van der Waals surface area (Å²) < 4.78 is 23.9. The molecule has 0 saturated carbocycles. The first-order valence-electron chi connectivity index (χ1n) is 5.09. The SMILES string of the molecule is Cc1cnc(NCCNS(C)(=O)=O)c([N+](=O)[O-])c1. The molecule has 1 heterocycles. The number of sulfonamides is 1. The largest absolute Gasteiger partial charge is 0.363 e. The van der Waals surface area contributed by atoms with Gasteiger partial charge < -0.3 is 5.32 Å². The average molecular weight is 274 g/mol. The molecule has 0 aliphatic rings. The highest BCUT2D eigenvalue weighted by atomic mass is 32.2. The minimum absolute atomic E-state index is 0.126. The van der Waals surface area contributed by atoms with Gasteiger partial charge in [0.25, 0.3) is 0 Å². The fraction of sp³-hybridized carbons (Fsp3) is 0.444. The molecular weight excluding hydrogens is 260 g/mol. The first-order chi connectivity index (χ1) is 8.29. The Morgan fingerprint density at radius 3 is 2.67 bits per heavy atom. The number of aryl methyl sites for hydroxylation is 1. The number of nitrogens with zero attached hydrogens (tertiary/aromatic N) is 2. The molecule has 0 bridgehead atoms. The van der Waals surface area contributed by atoms with Crippen molar-refractivity contribution in [2.45, 2.75) is 6.92 Å². The highest BCUT2D eigenvalue weighted by Crippen LogP contribution is 2.21. The summed E-state index contributed by atoms with van der Waals surface area (Å²) in [6.07, 6.45) is 2.54. The summed E-state index contributed by atoms with van der Waals surface area (Å²) >= 11 is 0. The molecule has 18 heavy (non-hydrogen) atoms. The maximum atomic E-state index is 10.8. The Hall–Kier alpha value is -1.74. The molecule has 0 atom stereocenters. The summed E-state index contributed by atoms with van der Waals surface area (Å²) in [5.41, 5.74) is 0.552. The van der Waals surface area contributed by atoms with Gasteiger partial charge in [-0.05, 0) is 12.5 Å². The molecule has 1 aromatic rings. The van der Waals surface area contributed by atoms with Crippen LogP contribution in [-0.2, 0) is 10.0 Å². The molecule has 0 unspecified atom stereocenters. The van der Waals surface area contributed by atoms with Gasteiger partial charge in [0.15, 0.2) is 0 Å². The van der Waals surface area contributed by atoms with Crippen LogP contribution in [0.1, 0.15) is 5.56 Å². The van der Waals surface area contributed by atoms with Crippen LogP contribution >= 0.6 is 0 Å². The molecule has 0 aliphatic heterocycles. The van der Waals surface area contributed by atoms with Gasteiger partial charge in [0, 0.05) is 25.4 Å². The Kier molecular flexibility index (Phi) is 4.56. The number of hydrogen-bond donors (Lipinski definition) is 2. The summed E-state index contributed by atoms with van der Waals surface area (Å²) in [5, 5.41) is 13.5. The Morgan fingerprint density at radius 2 is 2.11 bits per heavy atom. The van der Waals surface area contributed by atoms with Gasteiger partial charge in [-0.3, -0.25) is 10.1 Å². The average Bonchev–Trinajstić information content (AvgIpc) is 2.24. The van der Waals surface area contributed by atoms with Crippen LogP contribution in [0.3, 0.4) is 0 Å². The third-order valence-corrected chi connectivity index (χ3v) is 2.71. The zero-order valence-electron chi connectivity index (χ0n) is 10.0. The third-order valence-electron chi connectivity index (χ3n) is 1.98. The van der Waals surface area contributed by atoms with E-state index in [9.17, 15) is 18.5 Å². The van der Waals surface area contributed by atoms with Crippen molar-refractivity contribution in [1.29, 1.82) is 0 Å². The van der Waals surface area contributed by atoms with E-state index in [0.717, 1.165) is 6.26 Å². The maximum Gasteiger partial charge on any atom is 0.311 e. The van der Waals surface area contributed by atoms with Crippen LogP contribution in [0.2, 0.25) is 0 Å². The highest BCUT2D eigenvalue weighted by Gasteiger charge is 2.14. The van der Waals surface area contributed by atoms with Gasteiger partial charge >= 0.3 is 5.69 Å². The lowest BCUT2D eigenvalue weighted by molar-refractivity contribution is -0.384. The van der Waals surface area contributed by atoms with Gasteiger partial charge in [0.1, 0.15) is 0 Å². The number of pyridine rings is 1. The second kappa shape index (κ2) is 5.74. The Balaban J connectivity index is 2.65. The van der Waals surface area contributed by atoms with Crippen LogP contribution in [0, 0.1) is 17.0 Å². The lowest BCUT2D eigenvalue weighted by Gasteiger charge is -2.06. The topological polar surface area (TPSA) is 114 Å². The number of hydrogen-bond acceptors (Lipinski definition) is 6. The molecule has 0 saturated heterocycles. The van der Waals surface area contributed by atoms with Crippen molar-refractivity contribution >= 4 is 21.5 Å². The van der Waals surface area contributed by atoms with E-state index in [2.05, 4.69) is 15.0 Å². The van der Waals surface area contributed by atoms with Gasteiger partial charge in [-0.15, -0.1) is 0 Å². The molecule has 1 rings (SSSR count). The number of anilines is 1. The second-order valence-electron chi connectivity index (χ2n) is 3.73. The molecule has 2 N–H and O–H groups in total. The fourth-order valence-electron chi connectivity index (χ4n) is 1.25. The molecule has 0 spiro atoms. The predicted molar refractivity (Wildman–Crippen MR) is 67.0 cm³/mol. The molecule has 9 heteroatoms. The summed E-state index contributed by atoms with van der Waals surface area (Å²) in [4.78, 5) is 14.1. The molecule has 100 valence electrons. The molecule has 0 radical (unpaired) electrons. The summed E-state index contributed by atoms with van der Waals surface area (Å²) in [7, 11) is -3.26. The van der Waals surface area contributed by atoms with E-state index in [0.29, 0.717) is 5.56 Å². The third kappa shape index (κ3) is 4.63. The van der Waals surface area contributed by atoms with Crippen molar-refractivity contribution < 1.29 is 13.3 Å². The van der Waals surface area contributed by atoms with Crippen LogP contribution in [0.4, 0.5) is 11.5 Å². The molecule has 0 amide bonds. The summed E-state index contributed by atoms with van der Waals surface area (Å²) in [6.45, 7) is 2.05. The van der Waals surface area contributed by atoms with Crippen LogP contribution in [0.25, 0.3) is 0 Å². The zero-order chi connectivity index (χ0) is 13.8. The van der Waals surface area contributed by atoms with Crippen LogP contribution < -0.4 is 10.0 Å². The van der Waals surface area contributed by atoms with E-state index in [1.165, 1.54) is 12.3 Å². The van der Waals surface area contributed by atoms with E-state index in [4.69, 9.17) is 0 Å². The molecule has 8 nitrogen and oxygen atoms in total. The minimum atomic E-state index is -3.26. The Labute approximate surface area is 105 Å². The fourth-order valence-corrected chi connectivity index (χ4v) is 1.72. The molecule has 0 aliphatic carbocycles. The van der Waals surface area contributed by atoms with E-state index >= 15 is 0 Å². The van der Waals surface area contributed by atoms with Crippen molar-refractivity contribution in [3.05, 3.63) is 27.9 Å². The normalized spacial score (nSPS) is 11.2. The number of nitro groups is 1. The maximum absolute atomic E-state index is 10.8. The van der Waals surface area contributed by atoms with Gasteiger partial charge in [0.2, 0.25) is 15.8 Å². The van der Waals surface area contributed by atoms with E-state index < -0.39 is 14.9 Å². The number of aromatic nitrogens is 1. The van der Waals surface area contributed by atoms with Gasteiger partial charge in [0.05, 0.1) is 11.2 Å². The monoisotopic (exact) mass is 274 g/mol. The van der Waals surface area contributed by atoms with Gasteiger partial charge in [-0.1, -0.05) is 0 Å². The van der Waals surface area contributed by atoms with Crippen molar-refractivity contribution in [2.24, 2.45) is 0 Å². The number of rotatable bonds is 6. The first-order valence-corrected chi connectivity index (χ1v) is 6.98. The summed E-state index contributed by atoms with van der Waals surface area (Å²) in [5.74, 6) is 0.126. The van der Waals surface area contributed by atoms with E-state index in [1.54, 1.807) is 6.92 Å². The van der Waals surface area contributed by atoms with E-state index in [1.807, 2.05) is 0 Å². The Bertz CT molecular complexity index is 543. The first kappa shape index (κ1) is 14.3. The standard InChI is InChI=1S/C9H14N4O4S/c1-7-5-8(13(14)15)9(11-6-7)10-3-4-12-18(2,16)17/h5-6,12H,3-4H2,1-2H3,(H,10,11). The highest BCUT2D eigenvalue weighted by molar-refractivity contribution is 7.88. The molecule has 0 aromatic carbocycles. The predicted octanol–water partition coefficient (Wildman–Crippen LogP) is 0.259. The smallest absolute Gasteiger partial charge is 0.311 e. The minimum Gasteiger partial charge on any atom is -0.363 e. The van der Waals surface area contributed by atoms with Crippen LogP contribution in [-0.4, -0.2) is 37.7 Å². The Morgan fingerprint density at radius 1 is 1.44 bits per heavy atom. The van der Waals surface area contributed by atoms with Gasteiger partial charge in [-0.2, -0.15) is 0 Å². The second-order valence-corrected chi connectivity index (χ2v) is 5.56. The van der Waals surface area contributed by atoms with Crippen molar-refractivity contribution in [2.75, 3.05) is 24.7 Å². The lowest BCUT2D eigenvalue weighted by atomic mass is 10.3. The number of nitrogens with one attached hydrogen (secondary N) is 2. The van der Waals surface area contributed by atoms with Crippen molar-refractivity contribution in [3.63, 3.8) is 0 Å². The quantitative estimate of drug-likeness (QED) is 0.437. The van der Waals surface area contributed by atoms with Crippen molar-refractivity contribution in [3.8, 4) is 0 Å².